The third-order valence-electron chi connectivity index (χ3n) is 5.22. The van der Waals surface area contributed by atoms with E-state index in [2.05, 4.69) is 5.32 Å². The van der Waals surface area contributed by atoms with Crippen molar-refractivity contribution in [2.75, 3.05) is 19.5 Å². The molecule has 0 fully saturated rings. The van der Waals surface area contributed by atoms with Gasteiger partial charge in [-0.25, -0.2) is 4.98 Å². The van der Waals surface area contributed by atoms with Crippen molar-refractivity contribution in [1.29, 1.82) is 0 Å². The van der Waals surface area contributed by atoms with Gasteiger partial charge in [0.05, 0.1) is 25.8 Å². The van der Waals surface area contributed by atoms with Crippen LogP contribution in [0.2, 0.25) is 0 Å². The Morgan fingerprint density at radius 3 is 2.09 bits per heavy atom. The molecule has 32 heavy (non-hydrogen) atoms. The summed E-state index contributed by atoms with van der Waals surface area (Å²) in [5.41, 5.74) is 3.44. The number of carbonyl (C=O) groups is 1. The fourth-order valence-corrected chi connectivity index (χ4v) is 4.49. The third kappa shape index (κ3) is 4.50. The van der Waals surface area contributed by atoms with Crippen LogP contribution in [0, 0.1) is 6.92 Å². The van der Waals surface area contributed by atoms with E-state index < -0.39 is 5.92 Å². The van der Waals surface area contributed by atoms with Crippen LogP contribution in [-0.2, 0) is 4.79 Å². The number of nitrogens with one attached hydrogen (secondary N) is 1. The molecule has 1 amide bonds. The smallest absolute Gasteiger partial charge is 0.238 e. The van der Waals surface area contributed by atoms with E-state index in [9.17, 15) is 4.79 Å². The van der Waals surface area contributed by atoms with E-state index in [0.29, 0.717) is 16.6 Å². The normalized spacial score (nSPS) is 10.8. The number of nitrogens with zero attached hydrogens (tertiary/aromatic N) is 1. The maximum Gasteiger partial charge on any atom is 0.238 e. The number of thiazole rings is 1. The zero-order valence-corrected chi connectivity index (χ0v) is 19.0. The van der Waals surface area contributed by atoms with Gasteiger partial charge >= 0.3 is 0 Å². The van der Waals surface area contributed by atoms with E-state index in [0.717, 1.165) is 27.3 Å². The number of aryl methyl sites for hydroxylation is 1. The Morgan fingerprint density at radius 1 is 0.906 bits per heavy atom. The average Bonchev–Trinajstić information content (AvgIpc) is 3.19. The van der Waals surface area contributed by atoms with E-state index in [1.165, 1.54) is 11.3 Å². The van der Waals surface area contributed by atoms with Crippen molar-refractivity contribution in [2.45, 2.75) is 12.8 Å². The van der Waals surface area contributed by atoms with Crippen LogP contribution in [0.25, 0.3) is 11.3 Å². The summed E-state index contributed by atoms with van der Waals surface area (Å²) in [5, 5.41) is 3.58. The van der Waals surface area contributed by atoms with Gasteiger partial charge in [0.15, 0.2) is 5.13 Å². The van der Waals surface area contributed by atoms with Crippen LogP contribution in [0.1, 0.15) is 21.9 Å². The first-order valence-corrected chi connectivity index (χ1v) is 11.0. The summed E-state index contributed by atoms with van der Waals surface area (Å²) in [6.45, 7) is 1.98. The molecule has 0 spiro atoms. The van der Waals surface area contributed by atoms with E-state index in [4.69, 9.17) is 14.5 Å². The maximum absolute atomic E-state index is 13.4. The first-order chi connectivity index (χ1) is 15.6. The second-order valence-corrected chi connectivity index (χ2v) is 8.44. The van der Waals surface area contributed by atoms with Gasteiger partial charge in [-0.05, 0) is 36.2 Å². The van der Waals surface area contributed by atoms with Gasteiger partial charge in [-0.15, -0.1) is 11.3 Å². The van der Waals surface area contributed by atoms with Gasteiger partial charge in [-0.2, -0.15) is 0 Å². The number of hydrogen-bond acceptors (Lipinski definition) is 5. The first-order valence-electron chi connectivity index (χ1n) is 10.2. The third-order valence-corrected chi connectivity index (χ3v) is 6.10. The van der Waals surface area contributed by atoms with Crippen molar-refractivity contribution in [3.63, 3.8) is 0 Å². The molecule has 5 nitrogen and oxygen atoms in total. The number of carbonyl (C=O) groups excluding carboxylic acids is 1. The molecule has 6 heteroatoms. The van der Waals surface area contributed by atoms with Crippen LogP contribution in [-0.4, -0.2) is 25.1 Å². The fourth-order valence-electron chi connectivity index (χ4n) is 3.66. The highest BCUT2D eigenvalue weighted by molar-refractivity contribution is 7.16. The minimum absolute atomic E-state index is 0.125. The molecule has 4 aromatic rings. The average molecular weight is 445 g/mol. The number of anilines is 1. The Hall–Kier alpha value is -3.64. The van der Waals surface area contributed by atoms with Crippen LogP contribution in [0.15, 0.2) is 78.9 Å². The molecule has 1 heterocycles. The van der Waals surface area contributed by atoms with Gasteiger partial charge in [-0.3, -0.25) is 4.79 Å². The molecule has 162 valence electrons. The minimum Gasteiger partial charge on any atom is -0.497 e. The molecule has 3 aromatic carbocycles. The molecule has 0 saturated heterocycles. The van der Waals surface area contributed by atoms with Gasteiger partial charge in [0.2, 0.25) is 5.91 Å². The number of ether oxygens (including phenoxy) is 2. The van der Waals surface area contributed by atoms with Gasteiger partial charge in [-0.1, -0.05) is 60.7 Å². The predicted molar refractivity (Wildman–Crippen MR) is 129 cm³/mol. The number of aromatic nitrogens is 1. The molecule has 1 N–H and O–H groups in total. The summed E-state index contributed by atoms with van der Waals surface area (Å²) in [6, 6.07) is 25.1. The predicted octanol–water partition coefficient (Wildman–Crippen LogP) is 5.91. The lowest BCUT2D eigenvalue weighted by Crippen LogP contribution is -2.22. The largest absolute Gasteiger partial charge is 0.497 e. The summed E-state index contributed by atoms with van der Waals surface area (Å²) in [7, 11) is 3.25. The molecule has 0 radical (unpaired) electrons. The van der Waals surface area contributed by atoms with E-state index >= 15 is 0 Å². The molecular formula is C26H24N2O3S. The number of hydrogen-bond donors (Lipinski definition) is 1. The maximum atomic E-state index is 13.4. The Balaban J connectivity index is 1.67. The fraction of sp³-hybridized carbons (Fsp3) is 0.154. The lowest BCUT2D eigenvalue weighted by molar-refractivity contribution is -0.116. The van der Waals surface area contributed by atoms with Crippen LogP contribution in [0.5, 0.6) is 11.5 Å². The van der Waals surface area contributed by atoms with E-state index in [1.807, 2.05) is 85.8 Å². The summed E-state index contributed by atoms with van der Waals surface area (Å²) >= 11 is 1.44. The Morgan fingerprint density at radius 2 is 1.53 bits per heavy atom. The highest BCUT2D eigenvalue weighted by atomic mass is 32.1. The zero-order valence-electron chi connectivity index (χ0n) is 18.2. The second kappa shape index (κ2) is 9.66. The molecule has 0 atom stereocenters. The van der Waals surface area contributed by atoms with Crippen molar-refractivity contribution < 1.29 is 14.3 Å². The van der Waals surface area contributed by atoms with Gasteiger partial charge < -0.3 is 14.8 Å². The topological polar surface area (TPSA) is 60.5 Å². The van der Waals surface area contributed by atoms with Crippen LogP contribution in [0.3, 0.4) is 0 Å². The zero-order chi connectivity index (χ0) is 22.5. The number of amides is 1. The molecule has 1 aromatic heterocycles. The summed E-state index contributed by atoms with van der Waals surface area (Å²) < 4.78 is 10.9. The summed E-state index contributed by atoms with van der Waals surface area (Å²) in [5.74, 6) is 0.854. The van der Waals surface area contributed by atoms with E-state index in [-0.39, 0.29) is 5.91 Å². The molecule has 4 rings (SSSR count). The minimum atomic E-state index is -0.434. The number of rotatable bonds is 7. The summed E-state index contributed by atoms with van der Waals surface area (Å²) in [6.07, 6.45) is 0. The molecular weight excluding hydrogens is 420 g/mol. The van der Waals surface area contributed by atoms with Crippen LogP contribution in [0.4, 0.5) is 5.13 Å². The van der Waals surface area contributed by atoms with Crippen molar-refractivity contribution in [3.8, 4) is 22.8 Å². The standard InChI is InChI=1S/C26H24N2O3S/c1-17-24(21-16-20(30-2)14-15-22(21)31-3)27-26(32-17)28-25(29)23(18-10-6-4-7-11-18)19-12-8-5-9-13-19/h4-16,23H,1-3H3,(H,27,28,29). The molecule has 0 bridgehead atoms. The quantitative estimate of drug-likeness (QED) is 0.385. The molecule has 0 aliphatic carbocycles. The lowest BCUT2D eigenvalue weighted by Gasteiger charge is -2.17. The van der Waals surface area contributed by atoms with Crippen molar-refractivity contribution in [1.82, 2.24) is 4.98 Å². The first kappa shape index (κ1) is 21.6. The van der Waals surface area contributed by atoms with Crippen LogP contribution >= 0.6 is 11.3 Å². The molecule has 0 aliphatic heterocycles. The van der Waals surface area contributed by atoms with Gasteiger partial charge in [0.1, 0.15) is 11.5 Å². The van der Waals surface area contributed by atoms with Crippen molar-refractivity contribution in [2.24, 2.45) is 0 Å². The van der Waals surface area contributed by atoms with Gasteiger partial charge in [0.25, 0.3) is 0 Å². The SMILES string of the molecule is COc1ccc(OC)c(-c2nc(NC(=O)C(c3ccccc3)c3ccccc3)sc2C)c1. The molecule has 0 saturated carbocycles. The number of methoxy groups -OCH3 is 2. The van der Waals surface area contributed by atoms with Crippen molar-refractivity contribution >= 4 is 22.4 Å². The monoisotopic (exact) mass is 444 g/mol. The molecule has 0 unspecified atom stereocenters. The Labute approximate surface area is 191 Å². The van der Waals surface area contributed by atoms with Crippen molar-refractivity contribution in [3.05, 3.63) is 94.9 Å². The second-order valence-electron chi connectivity index (χ2n) is 7.23. The summed E-state index contributed by atoms with van der Waals surface area (Å²) in [4.78, 5) is 19.1. The highest BCUT2D eigenvalue weighted by Gasteiger charge is 2.24. The Kier molecular flexibility index (Phi) is 6.52. The van der Waals surface area contributed by atoms with Crippen LogP contribution < -0.4 is 14.8 Å². The highest BCUT2D eigenvalue weighted by Crippen LogP contribution is 2.38. The van der Waals surface area contributed by atoms with Gasteiger partial charge in [0, 0.05) is 10.4 Å². The molecule has 0 aliphatic rings. The van der Waals surface area contributed by atoms with E-state index in [1.54, 1.807) is 14.2 Å². The lowest BCUT2D eigenvalue weighted by atomic mass is 9.90. The Bertz CT molecular complexity index is 1170. The number of benzene rings is 3.